The van der Waals surface area contributed by atoms with Gasteiger partial charge in [-0.2, -0.15) is 14.6 Å². The maximum Gasteiger partial charge on any atom is 0.215 e. The van der Waals surface area contributed by atoms with Crippen LogP contribution in [0.2, 0.25) is 0 Å². The number of hydrogen-bond acceptors (Lipinski definition) is 3. The summed E-state index contributed by atoms with van der Waals surface area (Å²) in [5.74, 6) is -0.331. The Morgan fingerprint density at radius 3 is 2.70 bits per heavy atom. The first-order valence-corrected chi connectivity index (χ1v) is 6.08. The lowest BCUT2D eigenvalue weighted by molar-refractivity contribution is 0.416. The van der Waals surface area contributed by atoms with Gasteiger partial charge in [0.2, 0.25) is 5.95 Å². The van der Waals surface area contributed by atoms with Crippen LogP contribution in [-0.4, -0.2) is 26.2 Å². The van der Waals surface area contributed by atoms with Gasteiger partial charge in [-0.1, -0.05) is 0 Å². The number of nitrogens with one attached hydrogen (secondary N) is 1. The third-order valence-electron chi connectivity index (χ3n) is 2.98. The molecular weight excluding hydrogens is 288 g/mol. The molecule has 2 aromatic rings. The van der Waals surface area contributed by atoms with Crippen LogP contribution in [0, 0.1) is 12.9 Å². The minimum atomic E-state index is -0.453. The highest BCUT2D eigenvalue weighted by molar-refractivity contribution is 5.85. The Balaban J connectivity index is 0.00000200. The average Bonchev–Trinajstić information content (AvgIpc) is 2.90. The summed E-state index contributed by atoms with van der Waals surface area (Å²) in [5.41, 5.74) is 2.10. The van der Waals surface area contributed by atoms with Crippen LogP contribution in [0.25, 0.3) is 0 Å². The minimum Gasteiger partial charge on any atom is -0.307 e. The Morgan fingerprint density at radius 2 is 2.10 bits per heavy atom. The zero-order chi connectivity index (χ0) is 13.8. The van der Waals surface area contributed by atoms with Gasteiger partial charge in [0, 0.05) is 31.9 Å². The molecule has 0 radical (unpaired) electrons. The molecule has 2 rings (SSSR count). The molecule has 112 valence electrons. The second kappa shape index (κ2) is 7.35. The van der Waals surface area contributed by atoms with Gasteiger partial charge in [-0.25, -0.2) is 9.07 Å². The maximum atomic E-state index is 13.7. The monoisotopic (exact) mass is 305 g/mol. The fraction of sp³-hybridized carbons (Fsp3) is 0.500. The Labute approximate surface area is 122 Å². The van der Waals surface area contributed by atoms with Crippen molar-refractivity contribution in [2.75, 3.05) is 6.67 Å². The van der Waals surface area contributed by atoms with E-state index in [0.717, 1.165) is 5.69 Å². The van der Waals surface area contributed by atoms with Crippen molar-refractivity contribution in [1.29, 1.82) is 0 Å². The third kappa shape index (κ3) is 3.55. The molecule has 0 spiro atoms. The quantitative estimate of drug-likeness (QED) is 0.884. The molecule has 0 saturated heterocycles. The Hall–Kier alpha value is -1.47. The normalized spacial score (nSPS) is 10.6. The van der Waals surface area contributed by atoms with Crippen molar-refractivity contribution in [3.05, 3.63) is 35.2 Å². The van der Waals surface area contributed by atoms with Crippen LogP contribution >= 0.6 is 12.4 Å². The van der Waals surface area contributed by atoms with Gasteiger partial charge in [-0.05, 0) is 13.0 Å². The van der Waals surface area contributed by atoms with E-state index in [9.17, 15) is 8.78 Å². The number of rotatable bonds is 6. The molecule has 0 aliphatic heterocycles. The largest absolute Gasteiger partial charge is 0.307 e. The predicted octanol–water partition coefficient (Wildman–Crippen LogP) is 1.75. The number of halogens is 3. The van der Waals surface area contributed by atoms with Crippen LogP contribution < -0.4 is 5.32 Å². The van der Waals surface area contributed by atoms with Crippen molar-refractivity contribution in [2.24, 2.45) is 7.05 Å². The molecule has 0 fully saturated rings. The molecule has 0 aliphatic carbocycles. The maximum absolute atomic E-state index is 13.7. The molecular formula is C12H18ClF2N5. The van der Waals surface area contributed by atoms with Gasteiger partial charge >= 0.3 is 0 Å². The van der Waals surface area contributed by atoms with Gasteiger partial charge in [0.05, 0.1) is 17.9 Å². The van der Waals surface area contributed by atoms with E-state index in [2.05, 4.69) is 15.5 Å². The van der Waals surface area contributed by atoms with Crippen LogP contribution in [0.3, 0.4) is 0 Å². The number of nitrogens with zero attached hydrogens (tertiary/aromatic N) is 4. The average molecular weight is 306 g/mol. The van der Waals surface area contributed by atoms with E-state index in [1.807, 2.05) is 6.07 Å². The Bertz CT molecular complexity index is 552. The fourth-order valence-corrected chi connectivity index (χ4v) is 1.98. The Kier molecular flexibility index (Phi) is 6.09. The first-order chi connectivity index (χ1) is 9.13. The smallest absolute Gasteiger partial charge is 0.215 e. The van der Waals surface area contributed by atoms with E-state index < -0.39 is 6.67 Å². The summed E-state index contributed by atoms with van der Waals surface area (Å²) >= 11 is 0. The van der Waals surface area contributed by atoms with Gasteiger partial charge < -0.3 is 5.32 Å². The fourth-order valence-electron chi connectivity index (χ4n) is 1.98. The molecule has 0 saturated carbocycles. The first kappa shape index (κ1) is 16.6. The second-order valence-corrected chi connectivity index (χ2v) is 4.32. The van der Waals surface area contributed by atoms with Gasteiger partial charge in [-0.3, -0.25) is 4.68 Å². The van der Waals surface area contributed by atoms with Crippen LogP contribution in [0.5, 0.6) is 0 Å². The molecule has 2 heterocycles. The highest BCUT2D eigenvalue weighted by Gasteiger charge is 2.12. The lowest BCUT2D eigenvalue weighted by Crippen LogP contribution is -2.18. The van der Waals surface area contributed by atoms with E-state index in [1.54, 1.807) is 24.9 Å². The zero-order valence-electron chi connectivity index (χ0n) is 11.4. The molecule has 20 heavy (non-hydrogen) atoms. The molecule has 0 aromatic carbocycles. The van der Waals surface area contributed by atoms with Crippen LogP contribution in [0.4, 0.5) is 8.78 Å². The molecule has 2 aromatic heterocycles. The molecule has 0 amide bonds. The highest BCUT2D eigenvalue weighted by atomic mass is 35.5. The van der Waals surface area contributed by atoms with E-state index in [4.69, 9.17) is 0 Å². The van der Waals surface area contributed by atoms with E-state index in [0.29, 0.717) is 24.3 Å². The number of aryl methyl sites for hydroxylation is 3. The summed E-state index contributed by atoms with van der Waals surface area (Å²) in [5, 5.41) is 11.1. The number of aromatic nitrogens is 4. The minimum absolute atomic E-state index is 0. The summed E-state index contributed by atoms with van der Waals surface area (Å²) in [6.07, 6.45) is 1.63. The lowest BCUT2D eigenvalue weighted by Gasteiger charge is -2.07. The van der Waals surface area contributed by atoms with Crippen molar-refractivity contribution in [2.45, 2.75) is 26.6 Å². The first-order valence-electron chi connectivity index (χ1n) is 6.08. The summed E-state index contributed by atoms with van der Waals surface area (Å²) < 4.78 is 28.8. The van der Waals surface area contributed by atoms with Crippen LogP contribution in [-0.2, 0) is 26.7 Å². The molecule has 0 aliphatic rings. The van der Waals surface area contributed by atoms with E-state index in [1.165, 1.54) is 4.68 Å². The van der Waals surface area contributed by atoms with Crippen molar-refractivity contribution in [1.82, 2.24) is 24.9 Å². The molecule has 5 nitrogen and oxygen atoms in total. The molecule has 1 N–H and O–H groups in total. The molecule has 0 unspecified atom stereocenters. The van der Waals surface area contributed by atoms with E-state index >= 15 is 0 Å². The second-order valence-electron chi connectivity index (χ2n) is 4.32. The van der Waals surface area contributed by atoms with Gasteiger partial charge in [-0.15, -0.1) is 12.4 Å². The summed E-state index contributed by atoms with van der Waals surface area (Å²) in [7, 11) is 1.57. The van der Waals surface area contributed by atoms with Gasteiger partial charge in [0.15, 0.2) is 0 Å². The topological polar surface area (TPSA) is 47.7 Å². The van der Waals surface area contributed by atoms with Crippen molar-refractivity contribution < 1.29 is 8.78 Å². The lowest BCUT2D eigenvalue weighted by atomic mass is 10.2. The number of hydrogen-bond donors (Lipinski definition) is 1. The molecule has 8 heteroatoms. The van der Waals surface area contributed by atoms with E-state index in [-0.39, 0.29) is 24.9 Å². The van der Waals surface area contributed by atoms with Gasteiger partial charge in [0.25, 0.3) is 0 Å². The van der Waals surface area contributed by atoms with Crippen molar-refractivity contribution >= 4 is 12.4 Å². The third-order valence-corrected chi connectivity index (χ3v) is 2.98. The highest BCUT2D eigenvalue weighted by Crippen LogP contribution is 2.11. The number of alkyl halides is 1. The predicted molar refractivity (Wildman–Crippen MR) is 73.9 cm³/mol. The van der Waals surface area contributed by atoms with Crippen LogP contribution in [0.1, 0.15) is 17.0 Å². The summed E-state index contributed by atoms with van der Waals surface area (Å²) in [6.45, 7) is 2.45. The zero-order valence-corrected chi connectivity index (χ0v) is 12.3. The molecule has 0 bridgehead atoms. The van der Waals surface area contributed by atoms with Crippen LogP contribution in [0.15, 0.2) is 12.3 Å². The summed E-state index contributed by atoms with van der Waals surface area (Å²) in [4.78, 5) is 0. The SMILES string of the molecule is Cc1nn(C)c(F)c1CNCc1ccnn1CCF.Cl. The van der Waals surface area contributed by atoms with Crippen molar-refractivity contribution in [3.8, 4) is 0 Å². The summed E-state index contributed by atoms with van der Waals surface area (Å²) in [6, 6.07) is 1.81. The van der Waals surface area contributed by atoms with Gasteiger partial charge in [0.1, 0.15) is 6.67 Å². The Morgan fingerprint density at radius 1 is 1.35 bits per heavy atom. The standard InChI is InChI=1S/C12H17F2N5.ClH/c1-9-11(12(14)18(2)17-9)8-15-7-10-3-5-16-19(10)6-4-13;/h3,5,15H,4,6-8H2,1-2H3;1H. The van der Waals surface area contributed by atoms with Crippen molar-refractivity contribution in [3.63, 3.8) is 0 Å². The molecule has 0 atom stereocenters.